The van der Waals surface area contributed by atoms with Gasteiger partial charge >= 0.3 is 0 Å². The van der Waals surface area contributed by atoms with E-state index in [1.165, 1.54) is 6.07 Å². The highest BCUT2D eigenvalue weighted by molar-refractivity contribution is 6.31. The third-order valence-electron chi connectivity index (χ3n) is 2.92. The van der Waals surface area contributed by atoms with E-state index < -0.39 is 5.82 Å². The van der Waals surface area contributed by atoms with E-state index >= 15 is 0 Å². The lowest BCUT2D eigenvalue weighted by molar-refractivity contribution is 0.0992. The van der Waals surface area contributed by atoms with Crippen LogP contribution in [0.5, 0.6) is 0 Å². The maximum Gasteiger partial charge on any atom is 0.170 e. The van der Waals surface area contributed by atoms with Gasteiger partial charge in [0, 0.05) is 19.7 Å². The molecule has 5 heteroatoms. The number of aryl methyl sites for hydroxylation is 2. The van der Waals surface area contributed by atoms with Crippen molar-refractivity contribution in [1.82, 2.24) is 9.78 Å². The van der Waals surface area contributed by atoms with Crippen LogP contribution in [0.1, 0.15) is 28.5 Å². The number of hydrogen-bond acceptors (Lipinski definition) is 2. The number of hydrogen-bond donors (Lipinski definition) is 0. The molecule has 0 amide bonds. The molecule has 1 aromatic heterocycles. The molecule has 0 fully saturated rings. The Morgan fingerprint density at radius 2 is 2.21 bits per heavy atom. The Hall–Kier alpha value is -1.68. The lowest BCUT2D eigenvalue weighted by Crippen LogP contribution is -2.06. The molecule has 0 spiro atoms. The fourth-order valence-electron chi connectivity index (χ4n) is 1.98. The first kappa shape index (κ1) is 13.7. The quantitative estimate of drug-likeness (QED) is 0.806. The average Bonchev–Trinajstić information content (AvgIpc) is 2.76. The molecule has 2 aromatic rings. The van der Waals surface area contributed by atoms with E-state index in [0.717, 1.165) is 5.69 Å². The van der Waals surface area contributed by atoms with E-state index in [0.29, 0.717) is 17.5 Å². The molecule has 0 aliphatic heterocycles. The summed E-state index contributed by atoms with van der Waals surface area (Å²) in [7, 11) is 1.77. The van der Waals surface area contributed by atoms with Crippen molar-refractivity contribution in [1.29, 1.82) is 0 Å². The fourth-order valence-corrected chi connectivity index (χ4v) is 2.17. The third-order valence-corrected chi connectivity index (χ3v) is 3.35. The van der Waals surface area contributed by atoms with Gasteiger partial charge in [-0.3, -0.25) is 9.48 Å². The highest BCUT2D eigenvalue weighted by atomic mass is 35.5. The van der Waals surface area contributed by atoms with Crippen LogP contribution < -0.4 is 0 Å². The molecule has 0 aliphatic rings. The van der Waals surface area contributed by atoms with Gasteiger partial charge < -0.3 is 0 Å². The fraction of sp³-hybridized carbons (Fsp3) is 0.286. The summed E-state index contributed by atoms with van der Waals surface area (Å²) < 4.78 is 14.9. The highest BCUT2D eigenvalue weighted by Crippen LogP contribution is 2.22. The van der Waals surface area contributed by atoms with Crippen LogP contribution in [0, 0.1) is 5.82 Å². The van der Waals surface area contributed by atoms with Crippen molar-refractivity contribution in [2.75, 3.05) is 0 Å². The summed E-state index contributed by atoms with van der Waals surface area (Å²) in [6, 6.07) is 4.48. The van der Waals surface area contributed by atoms with E-state index in [4.69, 9.17) is 11.6 Å². The molecule has 3 nitrogen and oxygen atoms in total. The summed E-state index contributed by atoms with van der Waals surface area (Å²) in [5.41, 5.74) is 1.82. The molecule has 2 rings (SSSR count). The number of nitrogens with zero attached hydrogens (tertiary/aromatic N) is 2. The molecule has 0 saturated carbocycles. The summed E-state index contributed by atoms with van der Waals surface area (Å²) >= 11 is 5.86. The molecule has 0 atom stereocenters. The molecule has 0 unspecified atom stereocenters. The van der Waals surface area contributed by atoms with Crippen molar-refractivity contribution in [2.45, 2.75) is 19.8 Å². The van der Waals surface area contributed by atoms with Crippen LogP contribution in [0.3, 0.4) is 0 Å². The van der Waals surface area contributed by atoms with Gasteiger partial charge in [-0.2, -0.15) is 5.10 Å². The van der Waals surface area contributed by atoms with Gasteiger partial charge in [0.15, 0.2) is 5.78 Å². The van der Waals surface area contributed by atoms with Gasteiger partial charge in [0.1, 0.15) is 5.82 Å². The van der Waals surface area contributed by atoms with Gasteiger partial charge in [-0.15, -0.1) is 0 Å². The Morgan fingerprint density at radius 1 is 1.47 bits per heavy atom. The average molecular weight is 281 g/mol. The van der Waals surface area contributed by atoms with Gasteiger partial charge in [0.05, 0.1) is 16.3 Å². The zero-order valence-electron chi connectivity index (χ0n) is 10.8. The Bertz CT molecular complexity index is 622. The maximum atomic E-state index is 13.3. The summed E-state index contributed by atoms with van der Waals surface area (Å²) in [5.74, 6) is -0.605. The van der Waals surface area contributed by atoms with Crippen LogP contribution >= 0.6 is 11.6 Å². The SMILES string of the molecule is CCc1nn(C)cc1C(=O)Cc1cccc(F)c1Cl. The molecule has 0 radical (unpaired) electrons. The zero-order valence-corrected chi connectivity index (χ0v) is 11.5. The van der Waals surface area contributed by atoms with Crippen molar-refractivity contribution in [3.63, 3.8) is 0 Å². The molecule has 1 aromatic carbocycles. The molecule has 0 saturated heterocycles. The minimum Gasteiger partial charge on any atom is -0.294 e. The monoisotopic (exact) mass is 280 g/mol. The number of aromatic nitrogens is 2. The molecule has 19 heavy (non-hydrogen) atoms. The van der Waals surface area contributed by atoms with E-state index in [-0.39, 0.29) is 17.2 Å². The smallest absolute Gasteiger partial charge is 0.170 e. The molecule has 1 heterocycles. The van der Waals surface area contributed by atoms with E-state index in [2.05, 4.69) is 5.10 Å². The number of ketones is 1. The first-order valence-corrected chi connectivity index (χ1v) is 6.39. The highest BCUT2D eigenvalue weighted by Gasteiger charge is 2.17. The molecule has 100 valence electrons. The molecular weight excluding hydrogens is 267 g/mol. The van der Waals surface area contributed by atoms with Gasteiger partial charge in [-0.25, -0.2) is 4.39 Å². The van der Waals surface area contributed by atoms with Crippen LogP contribution in [0.15, 0.2) is 24.4 Å². The van der Waals surface area contributed by atoms with Crippen LogP contribution in [0.4, 0.5) is 4.39 Å². The topological polar surface area (TPSA) is 34.9 Å². The van der Waals surface area contributed by atoms with Gasteiger partial charge in [0.2, 0.25) is 0 Å². The zero-order chi connectivity index (χ0) is 14.0. The number of carbonyl (C=O) groups excluding carboxylic acids is 1. The molecule has 0 aliphatic carbocycles. The van der Waals surface area contributed by atoms with Crippen LogP contribution in [0.25, 0.3) is 0 Å². The number of carbonyl (C=O) groups is 1. The first-order valence-electron chi connectivity index (χ1n) is 6.01. The largest absolute Gasteiger partial charge is 0.294 e. The van der Waals surface area contributed by atoms with Gasteiger partial charge in [0.25, 0.3) is 0 Å². The minimum absolute atomic E-state index is 0.0118. The number of halogens is 2. The lowest BCUT2D eigenvalue weighted by atomic mass is 10.0. The van der Waals surface area contributed by atoms with E-state index in [9.17, 15) is 9.18 Å². The summed E-state index contributed by atoms with van der Waals surface area (Å²) in [6.07, 6.45) is 2.45. The van der Waals surface area contributed by atoms with Crippen LogP contribution in [0.2, 0.25) is 5.02 Å². The van der Waals surface area contributed by atoms with Crippen molar-refractivity contribution in [3.8, 4) is 0 Å². The van der Waals surface area contributed by atoms with Crippen molar-refractivity contribution >= 4 is 17.4 Å². The van der Waals surface area contributed by atoms with Gasteiger partial charge in [-0.05, 0) is 18.1 Å². The van der Waals surface area contributed by atoms with Crippen molar-refractivity contribution < 1.29 is 9.18 Å². The number of rotatable bonds is 4. The van der Waals surface area contributed by atoms with Crippen molar-refractivity contribution in [3.05, 3.63) is 52.1 Å². The molecular formula is C14H14ClFN2O. The molecule has 0 bridgehead atoms. The Kier molecular flexibility index (Phi) is 4.00. The van der Waals surface area contributed by atoms with E-state index in [1.54, 1.807) is 30.1 Å². The standard InChI is InChI=1S/C14H14ClFN2O/c1-3-12-10(8-18(2)17-12)13(19)7-9-5-4-6-11(16)14(9)15/h4-6,8H,3,7H2,1-2H3. The first-order chi connectivity index (χ1) is 9.02. The summed E-state index contributed by atoms with van der Waals surface area (Å²) in [6.45, 7) is 1.94. The second kappa shape index (κ2) is 5.53. The second-order valence-corrected chi connectivity index (χ2v) is 4.71. The Balaban J connectivity index is 2.28. The Morgan fingerprint density at radius 3 is 2.89 bits per heavy atom. The van der Waals surface area contributed by atoms with Gasteiger partial charge in [-0.1, -0.05) is 30.7 Å². The lowest BCUT2D eigenvalue weighted by Gasteiger charge is -2.04. The van der Waals surface area contributed by atoms with E-state index in [1.807, 2.05) is 6.92 Å². The Labute approximate surface area is 116 Å². The predicted octanol–water partition coefficient (Wildman–Crippen LogP) is 3.20. The predicted molar refractivity (Wildman–Crippen MR) is 72.0 cm³/mol. The number of benzene rings is 1. The normalized spacial score (nSPS) is 10.7. The van der Waals surface area contributed by atoms with Crippen LogP contribution in [-0.2, 0) is 19.9 Å². The maximum absolute atomic E-state index is 13.3. The number of Topliss-reactive ketones (excluding diaryl/α,β-unsaturated/α-hetero) is 1. The van der Waals surface area contributed by atoms with Crippen LogP contribution in [-0.4, -0.2) is 15.6 Å². The second-order valence-electron chi connectivity index (χ2n) is 4.33. The summed E-state index contributed by atoms with van der Waals surface area (Å²) in [4.78, 5) is 12.2. The molecule has 0 N–H and O–H groups in total. The van der Waals surface area contributed by atoms with Crippen molar-refractivity contribution in [2.24, 2.45) is 7.05 Å². The minimum atomic E-state index is -0.506. The third kappa shape index (κ3) is 2.84. The summed E-state index contributed by atoms with van der Waals surface area (Å²) in [5, 5.41) is 4.23.